The molecule has 2 atom stereocenters. The molecule has 1 amide bonds. The SMILES string of the molecule is C=C(CC)c1ccccc1.CC(=O)OC(C)(C)c1ccccc1.CCC(CC(C)(C)c1ccccc1)c1ccccc1.CCC(CCc1ccccc1)c1ccccc1.CSCCOC(=O)NCc1ccccc1.CSCCc1ccccc1.CSCc1ccccc1.CSc1ccc2ccccc2c1.CSc1ccccc1. The zero-order chi connectivity index (χ0) is 81.8. The van der Waals surface area contributed by atoms with E-state index in [-0.39, 0.29) is 17.5 Å². The molecule has 1 N–H and O–H groups in total. The number of fused-ring (bicyclic) bond motifs is 1. The lowest BCUT2D eigenvalue weighted by atomic mass is 9.74. The minimum atomic E-state index is -0.535. The van der Waals surface area contributed by atoms with Gasteiger partial charge in [0.25, 0.3) is 0 Å². The molecule has 5 nitrogen and oxygen atoms in total. The van der Waals surface area contributed by atoms with E-state index in [0.29, 0.717) is 25.0 Å². The number of hydrogen-bond donors (Lipinski definition) is 1. The lowest BCUT2D eigenvalue weighted by Crippen LogP contribution is -2.24. The molecule has 0 aromatic heterocycles. The lowest BCUT2D eigenvalue weighted by Gasteiger charge is -2.30. The van der Waals surface area contributed by atoms with E-state index in [9.17, 15) is 9.59 Å². The van der Waals surface area contributed by atoms with Crippen LogP contribution in [-0.4, -0.2) is 61.5 Å². The fourth-order valence-electron chi connectivity index (χ4n) is 11.8. The zero-order valence-electron chi connectivity index (χ0n) is 69.4. The first-order valence-corrected chi connectivity index (χ1v) is 45.8. The van der Waals surface area contributed by atoms with E-state index in [2.05, 4.69) is 314 Å². The molecule has 113 heavy (non-hydrogen) atoms. The third-order valence-electron chi connectivity index (χ3n) is 18.3. The number of thioether (sulfide) groups is 5. The van der Waals surface area contributed by atoms with Gasteiger partial charge in [-0.1, -0.05) is 363 Å². The van der Waals surface area contributed by atoms with Crippen LogP contribution >= 0.6 is 58.8 Å². The summed E-state index contributed by atoms with van der Waals surface area (Å²) in [7, 11) is 0. The lowest BCUT2D eigenvalue weighted by molar-refractivity contribution is -0.154. The smallest absolute Gasteiger partial charge is 0.407 e. The Morgan fingerprint density at radius 2 is 0.823 bits per heavy atom. The van der Waals surface area contributed by atoms with Gasteiger partial charge in [-0.05, 0) is 204 Å². The van der Waals surface area contributed by atoms with E-state index < -0.39 is 5.60 Å². The topological polar surface area (TPSA) is 64.6 Å². The number of hydrogen-bond acceptors (Lipinski definition) is 9. The maximum Gasteiger partial charge on any atom is 0.407 e. The second kappa shape index (κ2) is 59.8. The van der Waals surface area contributed by atoms with Gasteiger partial charge in [0.1, 0.15) is 12.2 Å². The van der Waals surface area contributed by atoms with Gasteiger partial charge in [0.15, 0.2) is 0 Å². The van der Waals surface area contributed by atoms with E-state index in [4.69, 9.17) is 9.47 Å². The summed E-state index contributed by atoms with van der Waals surface area (Å²) in [5, 5.41) is 5.33. The van der Waals surface area contributed by atoms with Gasteiger partial charge >= 0.3 is 12.1 Å². The van der Waals surface area contributed by atoms with Gasteiger partial charge in [-0.25, -0.2) is 4.79 Å². The normalized spacial score (nSPS) is 10.8. The molecule has 12 rings (SSSR count). The van der Waals surface area contributed by atoms with E-state index in [1.54, 1.807) is 35.3 Å². The molecule has 0 aliphatic rings. The maximum absolute atomic E-state index is 11.1. The first-order chi connectivity index (χ1) is 54.9. The third-order valence-corrected chi connectivity index (χ3v) is 21.5. The van der Waals surface area contributed by atoms with E-state index in [1.165, 1.54) is 116 Å². The Hall–Kier alpha value is -8.87. The highest BCUT2D eigenvalue weighted by Gasteiger charge is 2.26. The molecule has 12 aromatic carbocycles. The summed E-state index contributed by atoms with van der Waals surface area (Å²) in [5.41, 5.74) is 12.9. The van der Waals surface area contributed by atoms with Crippen LogP contribution < -0.4 is 5.32 Å². The Bertz CT molecular complexity index is 4320. The predicted molar refractivity (Wildman–Crippen MR) is 504 cm³/mol. The molecule has 10 heteroatoms. The summed E-state index contributed by atoms with van der Waals surface area (Å²) in [5.74, 6) is 4.26. The summed E-state index contributed by atoms with van der Waals surface area (Å²) in [6.07, 6.45) is 18.3. The Balaban J connectivity index is 0.000000271. The Morgan fingerprint density at radius 1 is 0.416 bits per heavy atom. The number of aryl methyl sites for hydroxylation is 2. The Morgan fingerprint density at radius 3 is 1.27 bits per heavy atom. The number of ether oxygens (including phenoxy) is 2. The van der Waals surface area contributed by atoms with Crippen LogP contribution in [0.3, 0.4) is 0 Å². The average Bonchev–Trinajstić information content (AvgIpc) is 0.812. The van der Waals surface area contributed by atoms with Crippen LogP contribution in [-0.2, 0) is 50.4 Å². The van der Waals surface area contributed by atoms with Crippen molar-refractivity contribution in [1.82, 2.24) is 5.32 Å². The standard InChI is InChI=1S/C19H24.C17H20.C11H15NO2S.C11H14O2.C11H10S.C10H12.C9H12S.C8H10S.C7H8S/c1-4-16(17-11-7-5-8-12-17)15-19(2,3)18-13-9-6-10-14-18;1-2-16(17-11-7-4-8-12-17)14-13-15-9-5-3-6-10-15;1-15-8-7-14-11(13)12-9-10-5-3-2-4-6-10;1-9(12)13-11(2,3)10-7-5-4-6-8-10;1-12-11-7-6-9-4-2-3-5-10(9)8-11;1-3-9(2)10-7-5-4-6-8-10;1-10-8-7-9-5-3-2-4-6-9;1-9-7-8-5-3-2-4-6-8;1-8-7-5-3-2-4-6-7/h5-14,16H,4,15H2,1-3H3;3-12,16H,2,13-14H2,1H3;2-6H,7-9H2,1H3,(H,12,13);4-8H,1-3H3;2-8H,1H3;4-8H,2-3H2,1H3;2-6H,7-8H2,1H3;2-6H,7H2,1H3;2-6H,1H3. The van der Waals surface area contributed by atoms with Gasteiger partial charge in [0, 0.05) is 34.8 Å². The highest BCUT2D eigenvalue weighted by molar-refractivity contribution is 7.99. The van der Waals surface area contributed by atoms with Crippen molar-refractivity contribution < 1.29 is 19.1 Å². The van der Waals surface area contributed by atoms with Gasteiger partial charge in [-0.2, -0.15) is 35.3 Å². The molecule has 0 bridgehead atoms. The van der Waals surface area contributed by atoms with Crippen molar-refractivity contribution in [3.8, 4) is 0 Å². The number of amides is 1. The number of benzene rings is 12. The van der Waals surface area contributed by atoms with Crippen LogP contribution in [0.25, 0.3) is 16.3 Å². The highest BCUT2D eigenvalue weighted by atomic mass is 32.2. The predicted octanol–water partition coefficient (Wildman–Crippen LogP) is 29.3. The van der Waals surface area contributed by atoms with Crippen LogP contribution in [0.5, 0.6) is 0 Å². The molecule has 0 heterocycles. The number of alkyl carbamates (subject to hydrolysis) is 1. The van der Waals surface area contributed by atoms with Gasteiger partial charge in [0.2, 0.25) is 0 Å². The van der Waals surface area contributed by atoms with Gasteiger partial charge in [-0.3, -0.25) is 4.79 Å². The summed E-state index contributed by atoms with van der Waals surface area (Å²) in [6, 6.07) is 120. The summed E-state index contributed by atoms with van der Waals surface area (Å²) in [4.78, 5) is 24.6. The van der Waals surface area contributed by atoms with Crippen molar-refractivity contribution in [3.05, 3.63) is 402 Å². The molecule has 0 radical (unpaired) electrons. The summed E-state index contributed by atoms with van der Waals surface area (Å²) >= 11 is 8.96. The summed E-state index contributed by atoms with van der Waals surface area (Å²) in [6.45, 7) is 21.5. The minimum Gasteiger partial charge on any atom is -0.455 e. The zero-order valence-corrected chi connectivity index (χ0v) is 73.5. The largest absolute Gasteiger partial charge is 0.455 e. The molecule has 2 unspecified atom stereocenters. The molecule has 596 valence electrons. The van der Waals surface area contributed by atoms with E-state index in [0.717, 1.165) is 29.1 Å². The number of rotatable bonds is 26. The van der Waals surface area contributed by atoms with Crippen LogP contribution in [0.1, 0.15) is 149 Å². The first-order valence-electron chi connectivity index (χ1n) is 39.2. The molecule has 0 aliphatic heterocycles. The molecule has 0 aliphatic carbocycles. The van der Waals surface area contributed by atoms with Crippen LogP contribution in [0.15, 0.2) is 362 Å². The number of nitrogens with one attached hydrogen (secondary N) is 1. The second-order valence-corrected chi connectivity index (χ2v) is 32.2. The average molecular weight is 1600 g/mol. The minimum absolute atomic E-state index is 0.220. The molecule has 12 aromatic rings. The Labute approximate surface area is 703 Å². The van der Waals surface area contributed by atoms with Crippen molar-refractivity contribution in [2.24, 2.45) is 0 Å². The van der Waals surface area contributed by atoms with Crippen LogP contribution in [0.2, 0.25) is 0 Å². The highest BCUT2D eigenvalue weighted by Crippen LogP contribution is 2.37. The fourth-order valence-corrected chi connectivity index (χ4v) is 13.9. The third kappa shape index (κ3) is 42.7. The van der Waals surface area contributed by atoms with Gasteiger partial charge in [0.05, 0.1) is 0 Å². The molecular weight excluding hydrogens is 1480 g/mol. The van der Waals surface area contributed by atoms with Crippen molar-refractivity contribution in [2.45, 2.75) is 145 Å². The fraction of sp³-hybridized carbons (Fsp3) is 0.282. The number of esters is 1. The quantitative estimate of drug-likeness (QED) is 0.0324. The molecule has 0 saturated heterocycles. The van der Waals surface area contributed by atoms with Gasteiger partial charge in [-0.15, -0.1) is 23.5 Å². The summed E-state index contributed by atoms with van der Waals surface area (Å²) < 4.78 is 10.1. The number of carbonyl (C=O) groups excluding carboxylic acids is 2. The van der Waals surface area contributed by atoms with Crippen LogP contribution in [0.4, 0.5) is 4.79 Å². The van der Waals surface area contributed by atoms with Gasteiger partial charge < -0.3 is 14.8 Å². The van der Waals surface area contributed by atoms with E-state index in [1.807, 2.05) is 147 Å². The number of allylic oxidation sites excluding steroid dienone is 1. The first kappa shape index (κ1) is 96.5. The molecule has 0 fully saturated rings. The van der Waals surface area contributed by atoms with E-state index >= 15 is 0 Å². The van der Waals surface area contributed by atoms with Crippen molar-refractivity contribution >= 4 is 87.2 Å². The van der Waals surface area contributed by atoms with Crippen molar-refractivity contribution in [1.29, 1.82) is 0 Å². The Kier molecular flexibility index (Phi) is 51.1. The molecular formula is C103H125NO4S5. The van der Waals surface area contributed by atoms with Crippen LogP contribution in [0, 0.1) is 0 Å². The molecule has 0 spiro atoms. The maximum atomic E-state index is 11.1. The second-order valence-electron chi connectivity index (χ2n) is 27.6. The monoisotopic (exact) mass is 1600 g/mol. The van der Waals surface area contributed by atoms with Crippen molar-refractivity contribution in [2.75, 3.05) is 49.4 Å². The van der Waals surface area contributed by atoms with Crippen molar-refractivity contribution in [3.63, 3.8) is 0 Å². The molecule has 0 saturated carbocycles. The number of carbonyl (C=O) groups is 2.